The zero-order chi connectivity index (χ0) is 15.3. The van der Waals surface area contributed by atoms with Crippen molar-refractivity contribution in [3.8, 4) is 0 Å². The average molecular weight is 283 g/mol. The molecule has 2 amide bonds. The van der Waals surface area contributed by atoms with Gasteiger partial charge in [0, 0.05) is 26.1 Å². The van der Waals surface area contributed by atoms with Crippen LogP contribution in [0.2, 0.25) is 0 Å². The second kappa shape index (κ2) is 7.07. The topological polar surface area (TPSA) is 89.4 Å². The number of primary amides is 1. The van der Waals surface area contributed by atoms with Gasteiger partial charge in [-0.2, -0.15) is 0 Å². The van der Waals surface area contributed by atoms with Crippen molar-refractivity contribution in [2.24, 2.45) is 28.7 Å². The Labute approximate surface area is 122 Å². The van der Waals surface area contributed by atoms with Gasteiger partial charge >= 0.3 is 0 Å². The molecular weight excluding hydrogens is 254 g/mol. The molecule has 1 heterocycles. The zero-order valence-electron chi connectivity index (χ0n) is 13.0. The van der Waals surface area contributed by atoms with E-state index in [1.54, 1.807) is 0 Å². The summed E-state index contributed by atoms with van der Waals surface area (Å²) in [5, 5.41) is 0. The van der Waals surface area contributed by atoms with Crippen LogP contribution in [0.1, 0.15) is 46.5 Å². The minimum atomic E-state index is -0.248. The molecule has 0 saturated carbocycles. The van der Waals surface area contributed by atoms with Crippen LogP contribution < -0.4 is 11.5 Å². The van der Waals surface area contributed by atoms with E-state index in [-0.39, 0.29) is 23.1 Å². The summed E-state index contributed by atoms with van der Waals surface area (Å²) in [5.74, 6) is 0.153. The van der Waals surface area contributed by atoms with Gasteiger partial charge in [0.15, 0.2) is 0 Å². The standard InChI is InChI=1S/C15H29N3O2/c1-15(2,3)9-12(10-16)14(20)18-6-4-11(5-7-18)8-13(17)19/h11-12H,4-10,16H2,1-3H3,(H2,17,19). The van der Waals surface area contributed by atoms with Crippen LogP contribution in [-0.2, 0) is 9.59 Å². The molecule has 0 aromatic heterocycles. The summed E-state index contributed by atoms with van der Waals surface area (Å²) in [5.41, 5.74) is 11.1. The molecule has 4 N–H and O–H groups in total. The number of hydrogen-bond donors (Lipinski definition) is 2. The van der Waals surface area contributed by atoms with E-state index in [0.29, 0.717) is 18.9 Å². The molecule has 0 radical (unpaired) electrons. The molecule has 116 valence electrons. The van der Waals surface area contributed by atoms with Gasteiger partial charge in [0.05, 0.1) is 5.92 Å². The molecule has 0 aromatic rings. The lowest BCUT2D eigenvalue weighted by Crippen LogP contribution is -2.45. The van der Waals surface area contributed by atoms with Crippen LogP contribution in [0.3, 0.4) is 0 Å². The molecular formula is C15H29N3O2. The van der Waals surface area contributed by atoms with Crippen molar-refractivity contribution in [2.75, 3.05) is 19.6 Å². The van der Waals surface area contributed by atoms with E-state index in [9.17, 15) is 9.59 Å². The fourth-order valence-corrected chi connectivity index (χ4v) is 2.91. The molecule has 1 unspecified atom stereocenters. The summed E-state index contributed by atoms with van der Waals surface area (Å²) in [6, 6.07) is 0. The predicted octanol–water partition coefficient (Wildman–Crippen LogP) is 1.11. The number of amides is 2. The highest BCUT2D eigenvalue weighted by atomic mass is 16.2. The third-order valence-electron chi connectivity index (χ3n) is 3.91. The second-order valence-corrected chi connectivity index (χ2v) is 7.14. The van der Waals surface area contributed by atoms with Gasteiger partial charge in [0.2, 0.25) is 11.8 Å². The minimum absolute atomic E-state index is 0.0947. The van der Waals surface area contributed by atoms with Crippen molar-refractivity contribution in [1.82, 2.24) is 4.90 Å². The molecule has 5 heteroatoms. The normalized spacial score (nSPS) is 18.9. The first kappa shape index (κ1) is 17.0. The van der Waals surface area contributed by atoms with Crippen LogP contribution in [0.15, 0.2) is 0 Å². The molecule has 0 aromatic carbocycles. The number of piperidine rings is 1. The Morgan fingerprint density at radius 1 is 1.25 bits per heavy atom. The van der Waals surface area contributed by atoms with Crippen LogP contribution in [0, 0.1) is 17.3 Å². The van der Waals surface area contributed by atoms with Gasteiger partial charge in [-0.15, -0.1) is 0 Å². The van der Waals surface area contributed by atoms with Gasteiger partial charge in [-0.1, -0.05) is 20.8 Å². The number of rotatable bonds is 5. The maximum atomic E-state index is 12.5. The van der Waals surface area contributed by atoms with Crippen molar-refractivity contribution in [2.45, 2.75) is 46.5 Å². The van der Waals surface area contributed by atoms with Gasteiger partial charge in [-0.3, -0.25) is 9.59 Å². The van der Waals surface area contributed by atoms with Gasteiger partial charge in [-0.25, -0.2) is 0 Å². The highest BCUT2D eigenvalue weighted by molar-refractivity contribution is 5.79. The van der Waals surface area contributed by atoms with Gasteiger partial charge in [0.1, 0.15) is 0 Å². The third kappa shape index (κ3) is 5.49. The smallest absolute Gasteiger partial charge is 0.226 e. The molecule has 5 nitrogen and oxygen atoms in total. The Bertz CT molecular complexity index is 342. The Morgan fingerprint density at radius 3 is 2.20 bits per heavy atom. The molecule has 0 spiro atoms. The number of hydrogen-bond acceptors (Lipinski definition) is 3. The highest BCUT2D eigenvalue weighted by Gasteiger charge is 2.30. The van der Waals surface area contributed by atoms with Crippen LogP contribution in [-0.4, -0.2) is 36.3 Å². The highest BCUT2D eigenvalue weighted by Crippen LogP contribution is 2.27. The Morgan fingerprint density at radius 2 is 1.80 bits per heavy atom. The van der Waals surface area contributed by atoms with E-state index in [1.807, 2.05) is 4.90 Å². The molecule has 20 heavy (non-hydrogen) atoms. The largest absolute Gasteiger partial charge is 0.370 e. The summed E-state index contributed by atoms with van der Waals surface area (Å²) in [6.07, 6.45) is 2.97. The molecule has 1 aliphatic heterocycles. The van der Waals surface area contributed by atoms with Crippen LogP contribution in [0.5, 0.6) is 0 Å². The van der Waals surface area contributed by atoms with E-state index >= 15 is 0 Å². The fourth-order valence-electron chi connectivity index (χ4n) is 2.91. The van der Waals surface area contributed by atoms with Gasteiger partial charge < -0.3 is 16.4 Å². The molecule has 0 aliphatic carbocycles. The third-order valence-corrected chi connectivity index (χ3v) is 3.91. The van der Waals surface area contributed by atoms with E-state index in [1.165, 1.54) is 0 Å². The Kier molecular flexibility index (Phi) is 5.99. The first-order valence-corrected chi connectivity index (χ1v) is 7.50. The first-order chi connectivity index (χ1) is 9.23. The van der Waals surface area contributed by atoms with Crippen molar-refractivity contribution in [3.05, 3.63) is 0 Å². The van der Waals surface area contributed by atoms with Crippen molar-refractivity contribution < 1.29 is 9.59 Å². The lowest BCUT2D eigenvalue weighted by molar-refractivity contribution is -0.137. The van der Waals surface area contributed by atoms with Crippen molar-refractivity contribution >= 4 is 11.8 Å². The first-order valence-electron chi connectivity index (χ1n) is 7.50. The van der Waals surface area contributed by atoms with Crippen LogP contribution >= 0.6 is 0 Å². The summed E-state index contributed by atoms with van der Waals surface area (Å²) in [7, 11) is 0. The number of likely N-dealkylation sites (tertiary alicyclic amines) is 1. The Balaban J connectivity index is 2.50. The lowest BCUT2D eigenvalue weighted by atomic mass is 9.83. The minimum Gasteiger partial charge on any atom is -0.370 e. The predicted molar refractivity (Wildman–Crippen MR) is 79.7 cm³/mol. The van der Waals surface area contributed by atoms with E-state index in [2.05, 4.69) is 20.8 Å². The average Bonchev–Trinajstić information content (AvgIpc) is 2.34. The van der Waals surface area contributed by atoms with Crippen molar-refractivity contribution in [3.63, 3.8) is 0 Å². The fraction of sp³-hybridized carbons (Fsp3) is 0.867. The molecule has 1 aliphatic rings. The molecule has 1 atom stereocenters. The van der Waals surface area contributed by atoms with Crippen molar-refractivity contribution in [1.29, 1.82) is 0 Å². The summed E-state index contributed by atoms with van der Waals surface area (Å²) < 4.78 is 0. The molecule has 1 rings (SSSR count). The monoisotopic (exact) mass is 283 g/mol. The maximum Gasteiger partial charge on any atom is 0.226 e. The molecule has 1 fully saturated rings. The van der Waals surface area contributed by atoms with Crippen LogP contribution in [0.25, 0.3) is 0 Å². The van der Waals surface area contributed by atoms with E-state index in [4.69, 9.17) is 11.5 Å². The number of carbonyl (C=O) groups excluding carboxylic acids is 2. The second-order valence-electron chi connectivity index (χ2n) is 7.14. The SMILES string of the molecule is CC(C)(C)CC(CN)C(=O)N1CCC(CC(N)=O)CC1. The van der Waals surface area contributed by atoms with Crippen LogP contribution in [0.4, 0.5) is 0 Å². The van der Waals surface area contributed by atoms with E-state index < -0.39 is 0 Å². The quantitative estimate of drug-likeness (QED) is 0.792. The summed E-state index contributed by atoms with van der Waals surface area (Å²) in [6.45, 7) is 8.22. The lowest BCUT2D eigenvalue weighted by Gasteiger charge is -2.35. The van der Waals surface area contributed by atoms with Gasteiger partial charge in [0.25, 0.3) is 0 Å². The summed E-state index contributed by atoms with van der Waals surface area (Å²) >= 11 is 0. The van der Waals surface area contributed by atoms with Gasteiger partial charge in [-0.05, 0) is 30.6 Å². The zero-order valence-corrected chi connectivity index (χ0v) is 13.0. The Hall–Kier alpha value is -1.10. The number of nitrogens with two attached hydrogens (primary N) is 2. The summed E-state index contributed by atoms with van der Waals surface area (Å²) in [4.78, 5) is 25.3. The van der Waals surface area contributed by atoms with E-state index in [0.717, 1.165) is 32.4 Å². The molecule has 0 bridgehead atoms. The number of carbonyl (C=O) groups is 2. The number of nitrogens with zero attached hydrogens (tertiary/aromatic N) is 1. The maximum absolute atomic E-state index is 12.5. The molecule has 1 saturated heterocycles.